The molecule has 0 unspecified atom stereocenters. The quantitative estimate of drug-likeness (QED) is 0.793. The average Bonchev–Trinajstić information content (AvgIpc) is 2.74. The molecule has 0 amide bonds. The van der Waals surface area contributed by atoms with Crippen LogP contribution in [-0.4, -0.2) is 9.67 Å². The number of phenolic OH excluding ortho intramolecular Hbond substituents is 1. The molecule has 0 saturated carbocycles. The van der Waals surface area contributed by atoms with Crippen molar-refractivity contribution in [3.8, 4) is 5.75 Å². The number of fused-ring (bicyclic) bond motifs is 1. The van der Waals surface area contributed by atoms with E-state index in [9.17, 15) is 9.90 Å². The van der Waals surface area contributed by atoms with Crippen LogP contribution in [0.4, 0.5) is 0 Å². The van der Waals surface area contributed by atoms with Gasteiger partial charge in [-0.15, -0.1) is 0 Å². The molecule has 0 aliphatic carbocycles. The van der Waals surface area contributed by atoms with Gasteiger partial charge in [-0.3, -0.25) is 4.57 Å². The highest BCUT2D eigenvalue weighted by atomic mass is 16.4. The normalized spacial score (nSPS) is 10.8. The van der Waals surface area contributed by atoms with Gasteiger partial charge in [-0.25, -0.2) is 4.79 Å². The van der Waals surface area contributed by atoms with Crippen molar-refractivity contribution in [1.82, 2.24) is 4.57 Å². The lowest BCUT2D eigenvalue weighted by molar-refractivity contribution is 0.473. The number of aromatic nitrogens is 1. The van der Waals surface area contributed by atoms with E-state index >= 15 is 0 Å². The molecule has 0 radical (unpaired) electrons. The third-order valence-corrected chi connectivity index (χ3v) is 3.18. The molecular weight excluding hydrogens is 254 g/mol. The number of oxazole rings is 1. The second-order valence-corrected chi connectivity index (χ2v) is 4.56. The standard InChI is InChI=1S/C16H13NO3/c1-2-11-6-7-15-14(9-11)17(16(19)20-15)10-12-4-3-5-13(18)8-12/h2-9,18H,1,10H2. The molecule has 3 aromatic rings. The molecule has 4 nitrogen and oxygen atoms in total. The van der Waals surface area contributed by atoms with E-state index in [1.54, 1.807) is 30.3 Å². The number of benzene rings is 2. The van der Waals surface area contributed by atoms with Crippen molar-refractivity contribution in [1.29, 1.82) is 0 Å². The zero-order valence-corrected chi connectivity index (χ0v) is 10.7. The van der Waals surface area contributed by atoms with Crippen LogP contribution in [0.2, 0.25) is 0 Å². The Morgan fingerprint density at radius 1 is 1.25 bits per heavy atom. The number of hydrogen-bond donors (Lipinski definition) is 1. The minimum Gasteiger partial charge on any atom is -0.508 e. The monoisotopic (exact) mass is 267 g/mol. The van der Waals surface area contributed by atoms with Gasteiger partial charge in [-0.05, 0) is 35.4 Å². The number of rotatable bonds is 3. The average molecular weight is 267 g/mol. The molecule has 100 valence electrons. The molecule has 0 atom stereocenters. The molecule has 4 heteroatoms. The summed E-state index contributed by atoms with van der Waals surface area (Å²) in [6.07, 6.45) is 1.72. The molecule has 20 heavy (non-hydrogen) atoms. The highest BCUT2D eigenvalue weighted by molar-refractivity contribution is 5.76. The molecule has 2 aromatic carbocycles. The van der Waals surface area contributed by atoms with Crippen molar-refractivity contribution < 1.29 is 9.52 Å². The van der Waals surface area contributed by atoms with Gasteiger partial charge >= 0.3 is 5.76 Å². The highest BCUT2D eigenvalue weighted by Gasteiger charge is 2.10. The molecule has 3 rings (SSSR count). The van der Waals surface area contributed by atoms with Crippen molar-refractivity contribution in [2.75, 3.05) is 0 Å². The fourth-order valence-corrected chi connectivity index (χ4v) is 2.19. The summed E-state index contributed by atoms with van der Waals surface area (Å²) in [7, 11) is 0. The predicted molar refractivity (Wildman–Crippen MR) is 77.8 cm³/mol. The van der Waals surface area contributed by atoms with Crippen LogP contribution < -0.4 is 5.76 Å². The molecule has 1 aromatic heterocycles. The second-order valence-electron chi connectivity index (χ2n) is 4.56. The van der Waals surface area contributed by atoms with E-state index in [0.717, 1.165) is 16.6 Å². The summed E-state index contributed by atoms with van der Waals surface area (Å²) in [4.78, 5) is 11.9. The fourth-order valence-electron chi connectivity index (χ4n) is 2.19. The van der Waals surface area contributed by atoms with Gasteiger partial charge in [0.05, 0.1) is 12.1 Å². The van der Waals surface area contributed by atoms with Crippen molar-refractivity contribution in [3.05, 3.63) is 70.7 Å². The summed E-state index contributed by atoms with van der Waals surface area (Å²) in [5.74, 6) is -0.236. The number of hydrogen-bond acceptors (Lipinski definition) is 3. The predicted octanol–water partition coefficient (Wildman–Crippen LogP) is 2.99. The molecule has 0 aliphatic rings. The van der Waals surface area contributed by atoms with Crippen LogP contribution >= 0.6 is 0 Å². The van der Waals surface area contributed by atoms with Gasteiger partial charge in [-0.1, -0.05) is 30.9 Å². The van der Waals surface area contributed by atoms with Gasteiger partial charge in [0, 0.05) is 0 Å². The Balaban J connectivity index is 2.12. The SMILES string of the molecule is C=Cc1ccc2oc(=O)n(Cc3cccc(O)c3)c2c1. The topological polar surface area (TPSA) is 55.4 Å². The van der Waals surface area contributed by atoms with Crippen LogP contribution in [0.3, 0.4) is 0 Å². The van der Waals surface area contributed by atoms with Gasteiger partial charge in [0.25, 0.3) is 0 Å². The van der Waals surface area contributed by atoms with Gasteiger partial charge in [0.2, 0.25) is 0 Å². The van der Waals surface area contributed by atoms with E-state index < -0.39 is 5.76 Å². The molecule has 0 bridgehead atoms. The Bertz CT molecular complexity index is 842. The van der Waals surface area contributed by atoms with Gasteiger partial charge in [0.1, 0.15) is 5.75 Å². The minimum atomic E-state index is -0.412. The Morgan fingerprint density at radius 2 is 2.10 bits per heavy atom. The first kappa shape index (κ1) is 12.3. The first-order valence-electron chi connectivity index (χ1n) is 6.21. The summed E-state index contributed by atoms with van der Waals surface area (Å²) in [5, 5.41) is 9.48. The Labute approximate surface area is 115 Å². The highest BCUT2D eigenvalue weighted by Crippen LogP contribution is 2.18. The Hall–Kier alpha value is -2.75. The molecule has 1 heterocycles. The third-order valence-electron chi connectivity index (χ3n) is 3.18. The summed E-state index contributed by atoms with van der Waals surface area (Å²) >= 11 is 0. The summed E-state index contributed by atoms with van der Waals surface area (Å²) in [6.45, 7) is 4.07. The zero-order chi connectivity index (χ0) is 14.1. The van der Waals surface area contributed by atoms with Gasteiger partial charge < -0.3 is 9.52 Å². The van der Waals surface area contributed by atoms with E-state index in [-0.39, 0.29) is 5.75 Å². The van der Waals surface area contributed by atoms with Crippen LogP contribution in [0, 0.1) is 0 Å². The summed E-state index contributed by atoms with van der Waals surface area (Å²) in [6, 6.07) is 12.3. The summed E-state index contributed by atoms with van der Waals surface area (Å²) in [5.41, 5.74) is 3.01. The first-order chi connectivity index (χ1) is 9.67. The maximum atomic E-state index is 11.9. The smallest absolute Gasteiger partial charge is 0.420 e. The molecule has 0 aliphatic heterocycles. The lowest BCUT2D eigenvalue weighted by atomic mass is 10.2. The maximum absolute atomic E-state index is 11.9. The molecule has 1 N–H and O–H groups in total. The van der Waals surface area contributed by atoms with Crippen LogP contribution in [0.5, 0.6) is 5.75 Å². The van der Waals surface area contributed by atoms with Crippen LogP contribution in [0.25, 0.3) is 17.2 Å². The molecule has 0 spiro atoms. The van der Waals surface area contributed by atoms with Gasteiger partial charge in [0.15, 0.2) is 5.58 Å². The van der Waals surface area contributed by atoms with E-state index in [1.807, 2.05) is 18.2 Å². The second kappa shape index (κ2) is 4.74. The minimum absolute atomic E-state index is 0.176. The third kappa shape index (κ3) is 2.12. The van der Waals surface area contributed by atoms with Gasteiger partial charge in [-0.2, -0.15) is 0 Å². The van der Waals surface area contributed by atoms with E-state index in [2.05, 4.69) is 6.58 Å². The van der Waals surface area contributed by atoms with Crippen LogP contribution in [0.15, 0.2) is 58.3 Å². The van der Waals surface area contributed by atoms with E-state index in [1.165, 1.54) is 4.57 Å². The van der Waals surface area contributed by atoms with Crippen LogP contribution in [0.1, 0.15) is 11.1 Å². The molecule has 0 saturated heterocycles. The van der Waals surface area contributed by atoms with Crippen molar-refractivity contribution in [2.45, 2.75) is 6.54 Å². The van der Waals surface area contributed by atoms with E-state index in [0.29, 0.717) is 12.1 Å². The van der Waals surface area contributed by atoms with Crippen molar-refractivity contribution in [2.24, 2.45) is 0 Å². The Kier molecular flexibility index (Phi) is 2.91. The van der Waals surface area contributed by atoms with Crippen LogP contribution in [-0.2, 0) is 6.54 Å². The fraction of sp³-hybridized carbons (Fsp3) is 0.0625. The number of phenols is 1. The zero-order valence-electron chi connectivity index (χ0n) is 10.7. The molecule has 0 fully saturated rings. The van der Waals surface area contributed by atoms with E-state index in [4.69, 9.17) is 4.42 Å². The number of nitrogens with zero attached hydrogens (tertiary/aromatic N) is 1. The lowest BCUT2D eigenvalue weighted by Gasteiger charge is -2.03. The Morgan fingerprint density at radius 3 is 2.85 bits per heavy atom. The maximum Gasteiger partial charge on any atom is 0.420 e. The largest absolute Gasteiger partial charge is 0.508 e. The number of aromatic hydroxyl groups is 1. The first-order valence-corrected chi connectivity index (χ1v) is 6.21. The van der Waals surface area contributed by atoms with Crippen molar-refractivity contribution >= 4 is 17.2 Å². The van der Waals surface area contributed by atoms with Crippen molar-refractivity contribution in [3.63, 3.8) is 0 Å². The molecular formula is C16H13NO3. The summed E-state index contributed by atoms with van der Waals surface area (Å²) < 4.78 is 6.75. The lowest BCUT2D eigenvalue weighted by Crippen LogP contribution is -2.14.